The maximum atomic E-state index is 12.9. The van der Waals surface area contributed by atoms with Gasteiger partial charge in [-0.1, -0.05) is 24.4 Å². The highest BCUT2D eigenvalue weighted by molar-refractivity contribution is 7.71. The minimum Gasteiger partial charge on any atom is -0.388 e. The number of rotatable bonds is 5. The van der Waals surface area contributed by atoms with Crippen molar-refractivity contribution >= 4 is 18.1 Å². The predicted molar refractivity (Wildman–Crippen MR) is 84.5 cm³/mol. The average Bonchev–Trinajstić information content (AvgIpc) is 2.48. The zero-order valence-corrected chi connectivity index (χ0v) is 12.9. The summed E-state index contributed by atoms with van der Waals surface area (Å²) in [6, 6.07) is 8.72. The van der Waals surface area contributed by atoms with Crippen molar-refractivity contribution < 1.29 is 14.3 Å². The van der Waals surface area contributed by atoms with E-state index in [1.165, 1.54) is 24.3 Å². The predicted octanol–water partition coefficient (Wildman–Crippen LogP) is 3.13. The number of carbonyl (C=O) groups excluding carboxylic acids is 1. The van der Waals surface area contributed by atoms with Crippen LogP contribution in [0, 0.1) is 10.5 Å². The molecule has 1 heterocycles. The van der Waals surface area contributed by atoms with E-state index in [4.69, 9.17) is 12.2 Å². The maximum absolute atomic E-state index is 12.9. The summed E-state index contributed by atoms with van der Waals surface area (Å²) in [5, 5.41) is 12.9. The summed E-state index contributed by atoms with van der Waals surface area (Å²) in [7, 11) is 0. The van der Waals surface area contributed by atoms with Crippen molar-refractivity contribution in [2.45, 2.75) is 25.5 Å². The Kier molecular flexibility index (Phi) is 5.41. The van der Waals surface area contributed by atoms with Crippen molar-refractivity contribution in [1.29, 1.82) is 0 Å². The van der Waals surface area contributed by atoms with E-state index in [1.807, 2.05) is 0 Å². The van der Waals surface area contributed by atoms with E-state index in [0.29, 0.717) is 22.2 Å². The van der Waals surface area contributed by atoms with Gasteiger partial charge in [0.1, 0.15) is 10.5 Å². The lowest BCUT2D eigenvalue weighted by molar-refractivity contribution is 0.0916. The summed E-state index contributed by atoms with van der Waals surface area (Å²) in [6.07, 6.45) is 1.20. The fraction of sp³-hybridized carbons (Fsp3) is 0.250. The summed E-state index contributed by atoms with van der Waals surface area (Å²) in [5.74, 6) is -0.642. The molecule has 0 saturated carbocycles. The van der Waals surface area contributed by atoms with Crippen molar-refractivity contribution in [3.05, 3.63) is 64.2 Å². The van der Waals surface area contributed by atoms with Crippen molar-refractivity contribution in [1.82, 2.24) is 10.3 Å². The van der Waals surface area contributed by atoms with Gasteiger partial charge in [0.25, 0.3) is 5.91 Å². The van der Waals surface area contributed by atoms with Crippen LogP contribution in [-0.4, -0.2) is 22.0 Å². The van der Waals surface area contributed by atoms with Gasteiger partial charge in [-0.25, -0.2) is 4.39 Å². The Hall–Kier alpha value is -2.05. The van der Waals surface area contributed by atoms with Crippen LogP contribution in [0.3, 0.4) is 0 Å². The smallest absolute Gasteiger partial charge is 0.254 e. The Bertz CT molecular complexity index is 700. The van der Waals surface area contributed by atoms with Crippen LogP contribution in [0.2, 0.25) is 0 Å². The molecule has 0 aliphatic carbocycles. The molecule has 0 saturated heterocycles. The van der Waals surface area contributed by atoms with Gasteiger partial charge in [-0.2, -0.15) is 0 Å². The number of benzene rings is 1. The largest absolute Gasteiger partial charge is 0.388 e. The third-order valence-corrected chi connectivity index (χ3v) is 3.61. The zero-order chi connectivity index (χ0) is 16.1. The fourth-order valence-corrected chi connectivity index (χ4v) is 2.35. The van der Waals surface area contributed by atoms with Crippen LogP contribution in [0.1, 0.15) is 35.4 Å². The van der Waals surface area contributed by atoms with Crippen LogP contribution in [-0.2, 0) is 0 Å². The summed E-state index contributed by atoms with van der Waals surface area (Å²) in [4.78, 5) is 14.9. The molecule has 4 nitrogen and oxygen atoms in total. The van der Waals surface area contributed by atoms with Gasteiger partial charge >= 0.3 is 0 Å². The number of aliphatic hydroxyl groups excluding tert-OH is 1. The molecular formula is C16H17FN2O2S. The topological polar surface area (TPSA) is 65.1 Å². The molecule has 0 radical (unpaired) electrons. The second kappa shape index (κ2) is 7.29. The minimum atomic E-state index is -0.777. The first-order valence-electron chi connectivity index (χ1n) is 6.89. The fourth-order valence-electron chi connectivity index (χ4n) is 2.12. The first kappa shape index (κ1) is 16.3. The van der Waals surface area contributed by atoms with Gasteiger partial charge in [0.05, 0.1) is 11.7 Å². The molecular weight excluding hydrogens is 303 g/mol. The number of aromatic amines is 1. The molecule has 22 heavy (non-hydrogen) atoms. The van der Waals surface area contributed by atoms with E-state index in [9.17, 15) is 14.3 Å². The normalized spacial score (nSPS) is 13.4. The Balaban J connectivity index is 1.96. The minimum absolute atomic E-state index is 0.262. The number of carbonyl (C=O) groups is 1. The molecule has 1 aromatic heterocycles. The van der Waals surface area contributed by atoms with Crippen LogP contribution >= 0.6 is 12.2 Å². The second-order valence-electron chi connectivity index (χ2n) is 5.09. The van der Waals surface area contributed by atoms with E-state index in [2.05, 4.69) is 10.3 Å². The Morgan fingerprint density at radius 2 is 2.05 bits per heavy atom. The van der Waals surface area contributed by atoms with Crippen LogP contribution in [0.25, 0.3) is 0 Å². The Morgan fingerprint density at radius 1 is 1.36 bits per heavy atom. The standard InChI is InChI=1S/C16H17FN2O2S/c1-10(9-14(20)11-4-6-12(17)7-5-11)19-15(21)13-3-2-8-18-16(13)22/h2-8,10,14,20H,9H2,1H3,(H,18,22)(H,19,21)/t10-,14+/m0/s1. The molecule has 0 unspecified atom stereocenters. The molecule has 0 fully saturated rings. The highest BCUT2D eigenvalue weighted by Gasteiger charge is 2.16. The SMILES string of the molecule is C[C@@H](C[C@@H](O)c1ccc(F)cc1)NC(=O)c1ccc[nH]c1=S. The molecule has 116 valence electrons. The lowest BCUT2D eigenvalue weighted by atomic mass is 10.0. The third-order valence-electron chi connectivity index (χ3n) is 3.27. The molecule has 0 bridgehead atoms. The van der Waals surface area contributed by atoms with Gasteiger partial charge in [-0.15, -0.1) is 0 Å². The molecule has 0 aliphatic heterocycles. The number of nitrogens with one attached hydrogen (secondary N) is 2. The summed E-state index contributed by atoms with van der Waals surface area (Å²) < 4.78 is 13.2. The van der Waals surface area contributed by atoms with E-state index in [1.54, 1.807) is 25.3 Å². The Morgan fingerprint density at radius 3 is 2.68 bits per heavy atom. The monoisotopic (exact) mass is 320 g/mol. The first-order valence-corrected chi connectivity index (χ1v) is 7.30. The van der Waals surface area contributed by atoms with Crippen LogP contribution in [0.5, 0.6) is 0 Å². The number of hydrogen-bond donors (Lipinski definition) is 3. The van der Waals surface area contributed by atoms with Crippen molar-refractivity contribution in [3.63, 3.8) is 0 Å². The van der Waals surface area contributed by atoms with Gasteiger partial charge in [0.2, 0.25) is 0 Å². The molecule has 3 N–H and O–H groups in total. The summed E-state index contributed by atoms with van der Waals surface area (Å²) >= 11 is 5.06. The van der Waals surface area contributed by atoms with Gasteiger partial charge in [-0.3, -0.25) is 4.79 Å². The molecule has 2 rings (SSSR count). The number of amides is 1. The molecule has 6 heteroatoms. The van der Waals surface area contributed by atoms with Gasteiger partial charge < -0.3 is 15.4 Å². The first-order chi connectivity index (χ1) is 10.5. The number of H-pyrrole nitrogens is 1. The van der Waals surface area contributed by atoms with Crippen LogP contribution in [0.4, 0.5) is 4.39 Å². The van der Waals surface area contributed by atoms with Crippen LogP contribution in [0.15, 0.2) is 42.6 Å². The van der Waals surface area contributed by atoms with Gasteiger partial charge in [0.15, 0.2) is 0 Å². The maximum Gasteiger partial charge on any atom is 0.254 e. The zero-order valence-electron chi connectivity index (χ0n) is 12.0. The lowest BCUT2D eigenvalue weighted by Crippen LogP contribution is -2.34. The third kappa shape index (κ3) is 4.22. The number of aromatic nitrogens is 1. The summed E-state index contributed by atoms with van der Waals surface area (Å²) in [5.41, 5.74) is 1.00. The van der Waals surface area contributed by atoms with E-state index in [-0.39, 0.29) is 17.8 Å². The van der Waals surface area contributed by atoms with E-state index >= 15 is 0 Å². The number of halogens is 1. The average molecular weight is 320 g/mol. The molecule has 1 amide bonds. The van der Waals surface area contributed by atoms with Crippen LogP contribution < -0.4 is 5.32 Å². The molecule has 2 atom stereocenters. The molecule has 0 aliphatic rings. The van der Waals surface area contributed by atoms with Gasteiger partial charge in [0, 0.05) is 12.2 Å². The quantitative estimate of drug-likeness (QED) is 0.742. The Labute approximate surface area is 133 Å². The van der Waals surface area contributed by atoms with E-state index in [0.717, 1.165) is 0 Å². The van der Waals surface area contributed by atoms with E-state index < -0.39 is 6.10 Å². The highest BCUT2D eigenvalue weighted by atomic mass is 32.1. The lowest BCUT2D eigenvalue weighted by Gasteiger charge is -2.18. The summed E-state index contributed by atoms with van der Waals surface area (Å²) in [6.45, 7) is 1.79. The number of aliphatic hydroxyl groups is 1. The van der Waals surface area contributed by atoms with Crippen molar-refractivity contribution in [3.8, 4) is 0 Å². The van der Waals surface area contributed by atoms with Crippen molar-refractivity contribution in [2.75, 3.05) is 0 Å². The highest BCUT2D eigenvalue weighted by Crippen LogP contribution is 2.18. The molecule has 2 aromatic rings. The molecule has 0 spiro atoms. The van der Waals surface area contributed by atoms with Gasteiger partial charge in [-0.05, 0) is 43.2 Å². The second-order valence-corrected chi connectivity index (χ2v) is 5.50. The number of hydrogen-bond acceptors (Lipinski definition) is 3. The molecule has 1 aromatic carbocycles. The van der Waals surface area contributed by atoms with Crippen molar-refractivity contribution in [2.24, 2.45) is 0 Å². The number of pyridine rings is 1.